The number of nitrogens with zero attached hydrogens (tertiary/aromatic N) is 4. The molecule has 0 bridgehead atoms. The van der Waals surface area contributed by atoms with Crippen LogP contribution < -0.4 is 0 Å². The number of imidazole rings is 1. The standard InChI is InChI=1S/C20H28N4O3S2/c1-4-8-23-9-7-21-20(23)28-15-19(25)22-10-12-24(13-11-22)29(26,27)18-14-16(2)5-6-17(18)3/h5-7,9,14H,4,8,10-13,15H2,1-3H3. The minimum absolute atomic E-state index is 0.0184. The van der Waals surface area contributed by atoms with E-state index in [9.17, 15) is 13.2 Å². The number of aryl methyl sites for hydroxylation is 3. The van der Waals surface area contributed by atoms with Crippen molar-refractivity contribution in [1.29, 1.82) is 0 Å². The number of rotatable bonds is 7. The van der Waals surface area contributed by atoms with Crippen LogP contribution in [0.3, 0.4) is 0 Å². The lowest BCUT2D eigenvalue weighted by atomic mass is 10.2. The molecule has 0 N–H and O–H groups in total. The lowest BCUT2D eigenvalue weighted by molar-refractivity contribution is -0.129. The minimum Gasteiger partial charge on any atom is -0.339 e. The fraction of sp³-hybridized carbons (Fsp3) is 0.500. The molecule has 0 unspecified atom stereocenters. The zero-order valence-corrected chi connectivity index (χ0v) is 18.8. The summed E-state index contributed by atoms with van der Waals surface area (Å²) in [6.07, 6.45) is 4.68. The van der Waals surface area contributed by atoms with Crippen molar-refractivity contribution in [2.45, 2.75) is 43.8 Å². The molecule has 0 radical (unpaired) electrons. The molecule has 1 saturated heterocycles. The Morgan fingerprint density at radius 2 is 1.90 bits per heavy atom. The van der Waals surface area contributed by atoms with Crippen molar-refractivity contribution in [2.75, 3.05) is 31.9 Å². The molecule has 1 aromatic carbocycles. The van der Waals surface area contributed by atoms with Gasteiger partial charge in [-0.15, -0.1) is 0 Å². The highest BCUT2D eigenvalue weighted by atomic mass is 32.2. The Labute approximate surface area is 177 Å². The summed E-state index contributed by atoms with van der Waals surface area (Å²) >= 11 is 1.43. The summed E-state index contributed by atoms with van der Waals surface area (Å²) in [6, 6.07) is 5.47. The van der Waals surface area contributed by atoms with Gasteiger partial charge >= 0.3 is 0 Å². The molecule has 0 atom stereocenters. The van der Waals surface area contributed by atoms with Gasteiger partial charge in [-0.3, -0.25) is 4.79 Å². The van der Waals surface area contributed by atoms with Crippen LogP contribution in [0.5, 0.6) is 0 Å². The molecule has 3 rings (SSSR count). The van der Waals surface area contributed by atoms with Gasteiger partial charge in [0.2, 0.25) is 15.9 Å². The molecule has 0 spiro atoms. The van der Waals surface area contributed by atoms with Crippen LogP contribution >= 0.6 is 11.8 Å². The number of sulfonamides is 1. The Bertz CT molecular complexity index is 964. The second-order valence-electron chi connectivity index (χ2n) is 7.25. The summed E-state index contributed by atoms with van der Waals surface area (Å²) in [5, 5.41) is 0.844. The number of thioether (sulfide) groups is 1. The van der Waals surface area contributed by atoms with Crippen molar-refractivity contribution in [3.05, 3.63) is 41.7 Å². The second-order valence-corrected chi connectivity index (χ2v) is 10.1. The molecule has 1 aliphatic heterocycles. The van der Waals surface area contributed by atoms with Crippen molar-refractivity contribution < 1.29 is 13.2 Å². The third-order valence-corrected chi connectivity index (χ3v) is 8.05. The van der Waals surface area contributed by atoms with Crippen LogP contribution in [-0.2, 0) is 21.4 Å². The van der Waals surface area contributed by atoms with Gasteiger partial charge in [0, 0.05) is 45.1 Å². The van der Waals surface area contributed by atoms with Crippen molar-refractivity contribution in [2.24, 2.45) is 0 Å². The van der Waals surface area contributed by atoms with Crippen LogP contribution in [0, 0.1) is 13.8 Å². The van der Waals surface area contributed by atoms with E-state index < -0.39 is 10.0 Å². The Kier molecular flexibility index (Phi) is 7.02. The highest BCUT2D eigenvalue weighted by Gasteiger charge is 2.31. The summed E-state index contributed by atoms with van der Waals surface area (Å²) in [5.74, 6) is 0.328. The number of hydrogen-bond acceptors (Lipinski definition) is 5. The Balaban J connectivity index is 1.57. The van der Waals surface area contributed by atoms with E-state index in [1.54, 1.807) is 17.2 Å². The monoisotopic (exact) mass is 436 g/mol. The van der Waals surface area contributed by atoms with Gasteiger partial charge in [0.05, 0.1) is 10.6 Å². The van der Waals surface area contributed by atoms with Gasteiger partial charge in [-0.1, -0.05) is 30.8 Å². The molecule has 1 aliphatic rings. The van der Waals surface area contributed by atoms with Crippen LogP contribution in [0.2, 0.25) is 0 Å². The fourth-order valence-electron chi connectivity index (χ4n) is 3.37. The number of carbonyl (C=O) groups is 1. The molecule has 1 amide bonds. The number of benzene rings is 1. The molecule has 29 heavy (non-hydrogen) atoms. The Morgan fingerprint density at radius 1 is 1.17 bits per heavy atom. The Hall–Kier alpha value is -1.84. The normalized spacial score (nSPS) is 15.6. The van der Waals surface area contributed by atoms with E-state index in [0.717, 1.165) is 29.2 Å². The molecule has 1 fully saturated rings. The second kappa shape index (κ2) is 9.32. The van der Waals surface area contributed by atoms with Gasteiger partial charge in [0.1, 0.15) is 0 Å². The van der Waals surface area contributed by atoms with Crippen LogP contribution in [0.1, 0.15) is 24.5 Å². The molecular weight excluding hydrogens is 408 g/mol. The fourth-order valence-corrected chi connectivity index (χ4v) is 5.99. The maximum Gasteiger partial charge on any atom is 0.243 e. The molecule has 2 aromatic rings. The number of hydrogen-bond donors (Lipinski definition) is 0. The summed E-state index contributed by atoms with van der Waals surface area (Å²) in [4.78, 5) is 19.0. The van der Waals surface area contributed by atoms with Crippen molar-refractivity contribution >= 4 is 27.7 Å². The van der Waals surface area contributed by atoms with E-state index in [0.29, 0.717) is 36.8 Å². The van der Waals surface area contributed by atoms with E-state index in [-0.39, 0.29) is 5.91 Å². The smallest absolute Gasteiger partial charge is 0.243 e. The number of carbonyl (C=O) groups excluding carboxylic acids is 1. The minimum atomic E-state index is -3.55. The summed E-state index contributed by atoms with van der Waals surface area (Å²) in [5.41, 5.74) is 1.66. The van der Waals surface area contributed by atoms with E-state index in [1.165, 1.54) is 16.1 Å². The highest BCUT2D eigenvalue weighted by Crippen LogP contribution is 2.23. The topological polar surface area (TPSA) is 75.5 Å². The molecule has 0 aliphatic carbocycles. The molecule has 0 saturated carbocycles. The average Bonchev–Trinajstić information content (AvgIpc) is 3.15. The van der Waals surface area contributed by atoms with Crippen LogP contribution in [0.15, 0.2) is 40.6 Å². The lowest BCUT2D eigenvalue weighted by Gasteiger charge is -2.34. The van der Waals surface area contributed by atoms with Gasteiger partial charge in [0.15, 0.2) is 5.16 Å². The first-order valence-electron chi connectivity index (χ1n) is 9.82. The SMILES string of the molecule is CCCn1ccnc1SCC(=O)N1CCN(S(=O)(=O)c2cc(C)ccc2C)CC1. The lowest BCUT2D eigenvalue weighted by Crippen LogP contribution is -2.51. The molecular formula is C20H28N4O3S2. The molecule has 158 valence electrons. The number of piperazine rings is 1. The highest BCUT2D eigenvalue weighted by molar-refractivity contribution is 7.99. The van der Waals surface area contributed by atoms with Gasteiger partial charge in [-0.05, 0) is 37.5 Å². The average molecular weight is 437 g/mol. The van der Waals surface area contributed by atoms with Crippen molar-refractivity contribution in [1.82, 2.24) is 18.8 Å². The van der Waals surface area contributed by atoms with E-state index in [4.69, 9.17) is 0 Å². The van der Waals surface area contributed by atoms with Gasteiger partial charge in [0.25, 0.3) is 0 Å². The zero-order valence-electron chi connectivity index (χ0n) is 17.2. The first kappa shape index (κ1) is 21.9. The molecule has 2 heterocycles. The van der Waals surface area contributed by atoms with Gasteiger partial charge < -0.3 is 9.47 Å². The quantitative estimate of drug-likeness (QED) is 0.624. The number of amides is 1. The number of aromatic nitrogens is 2. The summed E-state index contributed by atoms with van der Waals surface area (Å²) in [6.45, 7) is 8.13. The maximum atomic E-state index is 13.0. The van der Waals surface area contributed by atoms with Crippen molar-refractivity contribution in [3.8, 4) is 0 Å². The Morgan fingerprint density at radius 3 is 2.59 bits per heavy atom. The largest absolute Gasteiger partial charge is 0.339 e. The van der Waals surface area contributed by atoms with Crippen LogP contribution in [0.25, 0.3) is 0 Å². The van der Waals surface area contributed by atoms with E-state index >= 15 is 0 Å². The van der Waals surface area contributed by atoms with Gasteiger partial charge in [-0.25, -0.2) is 13.4 Å². The molecule has 7 nitrogen and oxygen atoms in total. The zero-order chi connectivity index (χ0) is 21.0. The van der Waals surface area contributed by atoms with Crippen molar-refractivity contribution in [3.63, 3.8) is 0 Å². The van der Waals surface area contributed by atoms with E-state index in [2.05, 4.69) is 11.9 Å². The predicted octanol–water partition coefficient (Wildman–Crippen LogP) is 2.54. The summed E-state index contributed by atoms with van der Waals surface area (Å²) in [7, 11) is -3.55. The molecule has 1 aromatic heterocycles. The third-order valence-electron chi connectivity index (χ3n) is 5.02. The first-order valence-corrected chi connectivity index (χ1v) is 12.2. The third kappa shape index (κ3) is 5.02. The molecule has 9 heteroatoms. The summed E-state index contributed by atoms with van der Waals surface area (Å²) < 4.78 is 29.6. The van der Waals surface area contributed by atoms with Gasteiger partial charge in [-0.2, -0.15) is 4.31 Å². The predicted molar refractivity (Wildman–Crippen MR) is 114 cm³/mol. The van der Waals surface area contributed by atoms with E-state index in [1.807, 2.05) is 36.7 Å². The van der Waals surface area contributed by atoms with Crippen LogP contribution in [-0.4, -0.2) is 65.0 Å². The maximum absolute atomic E-state index is 13.0. The van der Waals surface area contributed by atoms with Crippen LogP contribution in [0.4, 0.5) is 0 Å². The first-order chi connectivity index (χ1) is 13.8.